The van der Waals surface area contributed by atoms with Crippen LogP contribution in [0.4, 0.5) is 0 Å². The number of hydrogen-bond donors (Lipinski definition) is 3. The highest BCUT2D eigenvalue weighted by atomic mass is 16.4. The van der Waals surface area contributed by atoms with Crippen molar-refractivity contribution in [1.29, 1.82) is 0 Å². The molecule has 0 aliphatic carbocycles. The van der Waals surface area contributed by atoms with Gasteiger partial charge in [0.25, 0.3) is 5.91 Å². The van der Waals surface area contributed by atoms with Crippen LogP contribution in [-0.4, -0.2) is 28.7 Å². The molecule has 2 aromatic carbocycles. The van der Waals surface area contributed by atoms with Crippen molar-refractivity contribution in [1.82, 2.24) is 5.32 Å². The van der Waals surface area contributed by atoms with Crippen molar-refractivity contribution in [2.24, 2.45) is 0 Å². The minimum atomic E-state index is -1.17. The molecular weight excluding hydrogens is 270 g/mol. The summed E-state index contributed by atoms with van der Waals surface area (Å²) in [5.74, 6) is -1.70. The van der Waals surface area contributed by atoms with Crippen LogP contribution < -0.4 is 5.32 Å². The Morgan fingerprint density at radius 2 is 1.52 bits per heavy atom. The summed E-state index contributed by atoms with van der Waals surface area (Å²) in [6.07, 6.45) is 0. The van der Waals surface area contributed by atoms with Gasteiger partial charge in [-0.3, -0.25) is 4.79 Å². The standard InChI is InChI=1S/C16H15NO4/c18-10-14(11-6-2-1-3-7-11)17-15(19)12-8-4-5-9-13(12)16(20)21/h1-9,14,18H,10H2,(H,17,19)(H,20,21)/t14-/m0/s1. The highest BCUT2D eigenvalue weighted by molar-refractivity contribution is 6.04. The van der Waals surface area contributed by atoms with Gasteiger partial charge >= 0.3 is 5.97 Å². The van der Waals surface area contributed by atoms with Gasteiger partial charge in [0.1, 0.15) is 0 Å². The van der Waals surface area contributed by atoms with Gasteiger partial charge in [0, 0.05) is 0 Å². The van der Waals surface area contributed by atoms with E-state index >= 15 is 0 Å². The van der Waals surface area contributed by atoms with Crippen LogP contribution in [0.5, 0.6) is 0 Å². The Morgan fingerprint density at radius 3 is 2.10 bits per heavy atom. The molecule has 3 N–H and O–H groups in total. The molecule has 0 spiro atoms. The van der Waals surface area contributed by atoms with E-state index in [-0.39, 0.29) is 17.7 Å². The zero-order chi connectivity index (χ0) is 15.2. The van der Waals surface area contributed by atoms with Crippen molar-refractivity contribution >= 4 is 11.9 Å². The highest BCUT2D eigenvalue weighted by Crippen LogP contribution is 2.14. The summed E-state index contributed by atoms with van der Waals surface area (Å²) in [5, 5.41) is 21.2. The number of rotatable bonds is 5. The summed E-state index contributed by atoms with van der Waals surface area (Å²) in [5.41, 5.74) is 0.750. The Labute approximate surface area is 121 Å². The Bertz CT molecular complexity index is 640. The maximum absolute atomic E-state index is 12.2. The van der Waals surface area contributed by atoms with Crippen LogP contribution in [-0.2, 0) is 0 Å². The molecule has 2 rings (SSSR count). The molecular formula is C16H15NO4. The van der Waals surface area contributed by atoms with E-state index in [1.165, 1.54) is 12.1 Å². The molecule has 0 saturated carbocycles. The number of benzene rings is 2. The first kappa shape index (κ1) is 14.7. The predicted molar refractivity (Wildman–Crippen MR) is 77.1 cm³/mol. The second-order valence-electron chi connectivity index (χ2n) is 4.47. The first-order valence-corrected chi connectivity index (χ1v) is 6.42. The third kappa shape index (κ3) is 3.46. The molecule has 0 aliphatic rings. The third-order valence-electron chi connectivity index (χ3n) is 3.09. The van der Waals surface area contributed by atoms with Gasteiger partial charge in [0.15, 0.2) is 0 Å². The summed E-state index contributed by atoms with van der Waals surface area (Å²) in [7, 11) is 0. The molecule has 0 bridgehead atoms. The number of amides is 1. The number of aromatic carboxylic acids is 1. The van der Waals surface area contributed by atoms with Gasteiger partial charge in [-0.2, -0.15) is 0 Å². The summed E-state index contributed by atoms with van der Waals surface area (Å²) in [6.45, 7) is -0.273. The van der Waals surface area contributed by atoms with Gasteiger partial charge in [0.05, 0.1) is 23.8 Å². The molecule has 0 aliphatic heterocycles. The summed E-state index contributed by atoms with van der Waals surface area (Å²) < 4.78 is 0. The van der Waals surface area contributed by atoms with Crippen LogP contribution in [0.25, 0.3) is 0 Å². The van der Waals surface area contributed by atoms with Crippen LogP contribution in [0.15, 0.2) is 54.6 Å². The summed E-state index contributed by atoms with van der Waals surface area (Å²) in [4.78, 5) is 23.3. The minimum Gasteiger partial charge on any atom is -0.478 e. The first-order chi connectivity index (χ1) is 10.1. The van der Waals surface area contributed by atoms with Gasteiger partial charge in [-0.15, -0.1) is 0 Å². The molecule has 5 heteroatoms. The largest absolute Gasteiger partial charge is 0.478 e. The second kappa shape index (κ2) is 6.67. The van der Waals surface area contributed by atoms with Crippen molar-refractivity contribution in [3.8, 4) is 0 Å². The number of carbonyl (C=O) groups excluding carboxylic acids is 1. The van der Waals surface area contributed by atoms with E-state index in [1.807, 2.05) is 6.07 Å². The fourth-order valence-electron chi connectivity index (χ4n) is 2.02. The maximum Gasteiger partial charge on any atom is 0.336 e. The average molecular weight is 285 g/mol. The predicted octanol–water partition coefficient (Wildman–Crippen LogP) is 1.85. The summed E-state index contributed by atoms with van der Waals surface area (Å²) in [6, 6.07) is 14.4. The quantitative estimate of drug-likeness (QED) is 0.782. The number of nitrogens with one attached hydrogen (secondary N) is 1. The number of aliphatic hydroxyl groups is 1. The Morgan fingerprint density at radius 1 is 0.952 bits per heavy atom. The normalized spacial score (nSPS) is 11.7. The minimum absolute atomic E-state index is 0.0689. The van der Waals surface area contributed by atoms with Crippen molar-refractivity contribution in [3.63, 3.8) is 0 Å². The molecule has 1 atom stereocenters. The van der Waals surface area contributed by atoms with E-state index in [9.17, 15) is 14.7 Å². The van der Waals surface area contributed by atoms with Crippen LogP contribution in [0.1, 0.15) is 32.3 Å². The molecule has 0 aromatic heterocycles. The number of carboxylic acid groups (broad SMARTS) is 1. The van der Waals surface area contributed by atoms with Gasteiger partial charge in [-0.1, -0.05) is 42.5 Å². The molecule has 0 heterocycles. The zero-order valence-electron chi connectivity index (χ0n) is 11.2. The van der Waals surface area contributed by atoms with E-state index < -0.39 is 17.9 Å². The van der Waals surface area contributed by atoms with E-state index in [1.54, 1.807) is 36.4 Å². The molecule has 0 radical (unpaired) electrons. The van der Waals surface area contributed by atoms with Crippen molar-refractivity contribution < 1.29 is 19.8 Å². The molecule has 5 nitrogen and oxygen atoms in total. The molecule has 0 saturated heterocycles. The second-order valence-corrected chi connectivity index (χ2v) is 4.47. The van der Waals surface area contributed by atoms with Gasteiger partial charge in [0.2, 0.25) is 0 Å². The number of carboxylic acids is 1. The van der Waals surface area contributed by atoms with Gasteiger partial charge in [-0.25, -0.2) is 4.79 Å². The van der Waals surface area contributed by atoms with Crippen LogP contribution >= 0.6 is 0 Å². The van der Waals surface area contributed by atoms with Crippen molar-refractivity contribution in [2.75, 3.05) is 6.61 Å². The fraction of sp³-hybridized carbons (Fsp3) is 0.125. The summed E-state index contributed by atoms with van der Waals surface area (Å²) >= 11 is 0. The Hall–Kier alpha value is -2.66. The molecule has 1 amide bonds. The zero-order valence-corrected chi connectivity index (χ0v) is 11.2. The number of hydrogen-bond acceptors (Lipinski definition) is 3. The van der Waals surface area contributed by atoms with E-state index in [0.29, 0.717) is 0 Å². The lowest BCUT2D eigenvalue weighted by atomic mass is 10.0. The van der Waals surface area contributed by atoms with Crippen LogP contribution in [0.2, 0.25) is 0 Å². The third-order valence-corrected chi connectivity index (χ3v) is 3.09. The van der Waals surface area contributed by atoms with Crippen molar-refractivity contribution in [3.05, 3.63) is 71.3 Å². The topological polar surface area (TPSA) is 86.6 Å². The van der Waals surface area contributed by atoms with Crippen LogP contribution in [0.3, 0.4) is 0 Å². The lowest BCUT2D eigenvalue weighted by Gasteiger charge is -2.17. The average Bonchev–Trinajstić information content (AvgIpc) is 2.53. The molecule has 0 unspecified atom stereocenters. The fourth-order valence-corrected chi connectivity index (χ4v) is 2.02. The van der Waals surface area contributed by atoms with Gasteiger partial charge < -0.3 is 15.5 Å². The molecule has 2 aromatic rings. The van der Waals surface area contributed by atoms with Crippen molar-refractivity contribution in [2.45, 2.75) is 6.04 Å². The SMILES string of the molecule is O=C(O)c1ccccc1C(=O)N[C@@H](CO)c1ccccc1. The Balaban J connectivity index is 2.23. The lowest BCUT2D eigenvalue weighted by molar-refractivity contribution is 0.0690. The molecule has 0 fully saturated rings. The van der Waals surface area contributed by atoms with E-state index in [4.69, 9.17) is 5.11 Å². The highest BCUT2D eigenvalue weighted by Gasteiger charge is 2.19. The molecule has 108 valence electrons. The smallest absolute Gasteiger partial charge is 0.336 e. The van der Waals surface area contributed by atoms with Crippen LogP contribution in [0, 0.1) is 0 Å². The van der Waals surface area contributed by atoms with E-state index in [0.717, 1.165) is 5.56 Å². The number of aliphatic hydroxyl groups excluding tert-OH is 1. The Kier molecular flexibility index (Phi) is 4.68. The van der Waals surface area contributed by atoms with E-state index in [2.05, 4.69) is 5.32 Å². The van der Waals surface area contributed by atoms with Gasteiger partial charge in [-0.05, 0) is 17.7 Å². The molecule has 21 heavy (non-hydrogen) atoms. The monoisotopic (exact) mass is 285 g/mol. The number of carbonyl (C=O) groups is 2. The maximum atomic E-state index is 12.2. The lowest BCUT2D eigenvalue weighted by Crippen LogP contribution is -2.31. The first-order valence-electron chi connectivity index (χ1n) is 6.42.